The number of carbonyl (C=O) groups excluding carboxylic acids is 1. The van der Waals surface area contributed by atoms with Gasteiger partial charge in [0, 0.05) is 37.3 Å². The van der Waals surface area contributed by atoms with Gasteiger partial charge in [0.25, 0.3) is 5.91 Å². The first kappa shape index (κ1) is 15.6. The van der Waals surface area contributed by atoms with E-state index in [0.717, 1.165) is 22.4 Å². The topological polar surface area (TPSA) is 52.5 Å². The fourth-order valence-corrected chi connectivity index (χ4v) is 3.06. The van der Waals surface area contributed by atoms with Crippen molar-refractivity contribution in [1.29, 1.82) is 0 Å². The van der Waals surface area contributed by atoms with Crippen LogP contribution in [0.5, 0.6) is 11.5 Å². The van der Waals surface area contributed by atoms with Crippen LogP contribution in [0, 0.1) is 0 Å². The number of carbonyl (C=O) groups is 1. The van der Waals surface area contributed by atoms with E-state index in [1.165, 1.54) is 0 Å². The highest BCUT2D eigenvalue weighted by molar-refractivity contribution is 5.98. The molecule has 0 spiro atoms. The molecule has 0 aliphatic carbocycles. The minimum atomic E-state index is -0.0692. The van der Waals surface area contributed by atoms with Gasteiger partial charge in [0.15, 0.2) is 11.5 Å². The van der Waals surface area contributed by atoms with Crippen LogP contribution in [-0.2, 0) is 7.05 Å². The third kappa shape index (κ3) is 3.18. The molecule has 1 aliphatic heterocycles. The Hall–Kier alpha value is -2.95. The van der Waals surface area contributed by atoms with Crippen molar-refractivity contribution in [3.8, 4) is 11.5 Å². The number of fused-ring (bicyclic) bond motifs is 2. The van der Waals surface area contributed by atoms with Crippen molar-refractivity contribution in [2.45, 2.75) is 12.5 Å². The first-order valence-electron chi connectivity index (χ1n) is 8.42. The molecule has 128 valence electrons. The molecule has 4 rings (SSSR count). The number of aromatic nitrogens is 1. The van der Waals surface area contributed by atoms with Gasteiger partial charge in [0.05, 0.1) is 0 Å². The van der Waals surface area contributed by atoms with E-state index in [1.54, 1.807) is 0 Å². The lowest BCUT2D eigenvalue weighted by Gasteiger charge is -2.26. The number of ether oxygens (including phenoxy) is 2. The molecular formula is C20H20N2O3. The summed E-state index contributed by atoms with van der Waals surface area (Å²) in [5.74, 6) is 1.47. The highest BCUT2D eigenvalue weighted by Crippen LogP contribution is 2.31. The van der Waals surface area contributed by atoms with E-state index in [-0.39, 0.29) is 12.0 Å². The Morgan fingerprint density at radius 3 is 2.92 bits per heavy atom. The second kappa shape index (κ2) is 6.51. The lowest BCUT2D eigenvalue weighted by atomic mass is 10.1. The van der Waals surface area contributed by atoms with Gasteiger partial charge in [-0.3, -0.25) is 4.79 Å². The lowest BCUT2D eigenvalue weighted by molar-refractivity contribution is 0.0813. The second-order valence-electron chi connectivity index (χ2n) is 6.24. The number of benzene rings is 2. The van der Waals surface area contributed by atoms with Gasteiger partial charge in [-0.1, -0.05) is 18.2 Å². The Morgan fingerprint density at radius 2 is 2.04 bits per heavy atom. The summed E-state index contributed by atoms with van der Waals surface area (Å²) < 4.78 is 13.6. The first-order valence-corrected chi connectivity index (χ1v) is 8.42. The SMILES string of the molecule is Cn1ccc2ccc(C(=O)NCC[C@H]3COc4ccccc4O3)cc21. The molecule has 5 nitrogen and oxygen atoms in total. The first-order chi connectivity index (χ1) is 12.2. The zero-order chi connectivity index (χ0) is 17.2. The monoisotopic (exact) mass is 336 g/mol. The standard InChI is InChI=1S/C20H20N2O3/c1-22-11-9-14-6-7-15(12-17(14)22)20(23)21-10-8-16-13-24-18-4-2-3-5-19(18)25-16/h2-7,9,11-12,16H,8,10,13H2,1H3,(H,21,23)/t16-/m0/s1. The van der Waals surface area contributed by atoms with Crippen LogP contribution in [0.2, 0.25) is 0 Å². The fraction of sp³-hybridized carbons (Fsp3) is 0.250. The van der Waals surface area contributed by atoms with Gasteiger partial charge in [0.2, 0.25) is 0 Å². The third-order valence-electron chi connectivity index (χ3n) is 4.47. The summed E-state index contributed by atoms with van der Waals surface area (Å²) in [5.41, 5.74) is 1.72. The van der Waals surface area contributed by atoms with Crippen LogP contribution in [-0.4, -0.2) is 29.7 Å². The average molecular weight is 336 g/mol. The molecule has 1 aromatic heterocycles. The smallest absolute Gasteiger partial charge is 0.251 e. The molecule has 2 aromatic carbocycles. The van der Waals surface area contributed by atoms with Crippen molar-refractivity contribution >= 4 is 16.8 Å². The summed E-state index contributed by atoms with van der Waals surface area (Å²) >= 11 is 0. The van der Waals surface area contributed by atoms with Crippen molar-refractivity contribution < 1.29 is 14.3 Å². The molecule has 0 saturated heterocycles. The van der Waals surface area contributed by atoms with Crippen molar-refractivity contribution in [2.75, 3.05) is 13.2 Å². The molecule has 25 heavy (non-hydrogen) atoms. The Morgan fingerprint density at radius 1 is 1.20 bits per heavy atom. The zero-order valence-corrected chi connectivity index (χ0v) is 14.1. The third-order valence-corrected chi connectivity index (χ3v) is 4.47. The van der Waals surface area contributed by atoms with E-state index < -0.39 is 0 Å². The van der Waals surface area contributed by atoms with Crippen LogP contribution < -0.4 is 14.8 Å². The van der Waals surface area contributed by atoms with E-state index in [4.69, 9.17) is 9.47 Å². The maximum Gasteiger partial charge on any atom is 0.251 e. The maximum atomic E-state index is 12.4. The maximum absolute atomic E-state index is 12.4. The Balaban J connectivity index is 1.34. The van der Waals surface area contributed by atoms with Gasteiger partial charge < -0.3 is 19.4 Å². The number of hydrogen-bond donors (Lipinski definition) is 1. The van der Waals surface area contributed by atoms with Crippen LogP contribution in [0.1, 0.15) is 16.8 Å². The van der Waals surface area contributed by atoms with Crippen LogP contribution in [0.4, 0.5) is 0 Å². The van der Waals surface area contributed by atoms with Gasteiger partial charge in [-0.15, -0.1) is 0 Å². The molecule has 0 fully saturated rings. The normalized spacial score (nSPS) is 16.0. The second-order valence-corrected chi connectivity index (χ2v) is 6.24. The van der Waals surface area contributed by atoms with Crippen molar-refractivity contribution in [3.63, 3.8) is 0 Å². The molecule has 2 heterocycles. The van der Waals surface area contributed by atoms with E-state index >= 15 is 0 Å². The number of aryl methyl sites for hydroxylation is 1. The highest BCUT2D eigenvalue weighted by atomic mass is 16.6. The van der Waals surface area contributed by atoms with Crippen LogP contribution >= 0.6 is 0 Å². The summed E-state index contributed by atoms with van der Waals surface area (Å²) in [5, 5.41) is 4.09. The molecule has 1 atom stereocenters. The van der Waals surface area contributed by atoms with Gasteiger partial charge in [-0.2, -0.15) is 0 Å². The van der Waals surface area contributed by atoms with E-state index in [9.17, 15) is 4.79 Å². The van der Waals surface area contributed by atoms with Crippen molar-refractivity contribution in [2.24, 2.45) is 7.05 Å². The molecule has 1 N–H and O–H groups in total. The minimum Gasteiger partial charge on any atom is -0.486 e. The Bertz CT molecular complexity index is 916. The van der Waals surface area contributed by atoms with Crippen molar-refractivity contribution in [1.82, 2.24) is 9.88 Å². The predicted molar refractivity (Wildman–Crippen MR) is 96.2 cm³/mol. The van der Waals surface area contributed by atoms with Gasteiger partial charge in [-0.05, 0) is 35.7 Å². The molecule has 0 unspecified atom stereocenters. The summed E-state index contributed by atoms with van der Waals surface area (Å²) in [6.07, 6.45) is 2.64. The quantitative estimate of drug-likeness (QED) is 0.796. The summed E-state index contributed by atoms with van der Waals surface area (Å²) in [7, 11) is 1.97. The summed E-state index contributed by atoms with van der Waals surface area (Å²) in [6, 6.07) is 15.4. The molecule has 0 radical (unpaired) electrons. The molecule has 0 bridgehead atoms. The number of para-hydroxylation sites is 2. The van der Waals surface area contributed by atoms with Crippen LogP contribution in [0.15, 0.2) is 54.7 Å². The molecule has 3 aromatic rings. The molecule has 1 aliphatic rings. The summed E-state index contributed by atoms with van der Waals surface area (Å²) in [4.78, 5) is 12.4. The number of amides is 1. The zero-order valence-electron chi connectivity index (χ0n) is 14.1. The van der Waals surface area contributed by atoms with E-state index in [2.05, 4.69) is 5.32 Å². The predicted octanol–water partition coefficient (Wildman–Crippen LogP) is 3.14. The number of hydrogen-bond acceptors (Lipinski definition) is 3. The highest BCUT2D eigenvalue weighted by Gasteiger charge is 2.20. The van der Waals surface area contributed by atoms with Crippen LogP contribution in [0.25, 0.3) is 10.9 Å². The number of rotatable bonds is 4. The number of nitrogens with one attached hydrogen (secondary N) is 1. The fourth-order valence-electron chi connectivity index (χ4n) is 3.06. The molecule has 5 heteroatoms. The van der Waals surface area contributed by atoms with Crippen molar-refractivity contribution in [3.05, 3.63) is 60.3 Å². The average Bonchev–Trinajstić information content (AvgIpc) is 3.02. The Labute approximate surface area is 146 Å². The van der Waals surface area contributed by atoms with E-state index in [1.807, 2.05) is 66.3 Å². The molecular weight excluding hydrogens is 316 g/mol. The minimum absolute atomic E-state index is 0.0504. The van der Waals surface area contributed by atoms with Crippen LogP contribution in [0.3, 0.4) is 0 Å². The molecule has 0 saturated carbocycles. The van der Waals surface area contributed by atoms with Gasteiger partial charge in [0.1, 0.15) is 12.7 Å². The summed E-state index contributed by atoms with van der Waals surface area (Å²) in [6.45, 7) is 1.04. The number of nitrogens with zero attached hydrogens (tertiary/aromatic N) is 1. The van der Waals surface area contributed by atoms with E-state index in [0.29, 0.717) is 25.1 Å². The molecule has 1 amide bonds. The largest absolute Gasteiger partial charge is 0.486 e. The van der Waals surface area contributed by atoms with Gasteiger partial charge in [-0.25, -0.2) is 0 Å². The van der Waals surface area contributed by atoms with Gasteiger partial charge >= 0.3 is 0 Å². The Kier molecular flexibility index (Phi) is 4.06. The lowest BCUT2D eigenvalue weighted by Crippen LogP contribution is -2.34.